The Balaban J connectivity index is 1.64. The van der Waals surface area contributed by atoms with Gasteiger partial charge >= 0.3 is 0 Å². The van der Waals surface area contributed by atoms with E-state index in [1.54, 1.807) is 54.7 Å². The zero-order valence-electron chi connectivity index (χ0n) is 43.0. The standard InChI is InChI=1S/C51H69N13O11S2/c1-26(65)39(42(53)68)62-49(75)41-51(3,4)77-76-25-38(61-43(69)33(52)21-28-11-6-5-7-12-28)47(73)59-36(22-29-16-18-31(67)19-17-29)45(71)60-37(23-30-24-57-34-14-9-8-13-32(30)34)46(72)58-35(15-10-20-56-50(54)55)44(70)63-40(27(2)66)48(74)64-41/h5-9,11-14,16-19,24,26-27,33,35-41,57,65-67H,10,15,20-23,25,52H2,1-4H3,(H2,53,68)(H,58,72)(H,59,73)(H,60,71)(H,61,69)(H,62,75)(H,63,70)(H,64,74)(H4,54,55,56)/t26-,27-,33-,35+,36-,37-,38+,39+,40+,41-/m1/s1. The molecular formula is C51H69N13O11S2. The van der Waals surface area contributed by atoms with Crippen LogP contribution in [0, 0.1) is 0 Å². The predicted octanol–water partition coefficient (Wildman–Crippen LogP) is -1.90. The Labute approximate surface area is 452 Å². The molecular weight excluding hydrogens is 1030 g/mol. The number of nitrogens with zero attached hydrogens (tertiary/aromatic N) is 1. The molecule has 0 saturated carbocycles. The molecule has 77 heavy (non-hydrogen) atoms. The molecule has 5 rings (SSSR count). The smallest absolute Gasteiger partial charge is 0.245 e. The lowest BCUT2D eigenvalue weighted by Gasteiger charge is -2.36. The van der Waals surface area contributed by atoms with Crippen molar-refractivity contribution in [3.05, 3.63) is 102 Å². The molecule has 0 radical (unpaired) electrons. The van der Waals surface area contributed by atoms with Gasteiger partial charge in [-0.25, -0.2) is 0 Å². The Morgan fingerprint density at radius 3 is 2.01 bits per heavy atom. The molecule has 1 saturated heterocycles. The number of benzene rings is 3. The average Bonchev–Trinajstić information content (AvgIpc) is 3.79. The van der Waals surface area contributed by atoms with Crippen molar-refractivity contribution in [2.75, 3.05) is 12.3 Å². The zero-order valence-corrected chi connectivity index (χ0v) is 44.6. The van der Waals surface area contributed by atoms with Gasteiger partial charge in [0.15, 0.2) is 5.96 Å². The van der Waals surface area contributed by atoms with Gasteiger partial charge in [-0.1, -0.05) is 82.3 Å². The van der Waals surface area contributed by atoms with Gasteiger partial charge in [-0.2, -0.15) is 0 Å². The second kappa shape index (κ2) is 28.1. The van der Waals surface area contributed by atoms with Crippen LogP contribution in [0.5, 0.6) is 5.75 Å². The Morgan fingerprint density at radius 1 is 0.766 bits per heavy atom. The van der Waals surface area contributed by atoms with Crippen molar-refractivity contribution >= 4 is 85.7 Å². The van der Waals surface area contributed by atoms with Crippen LogP contribution in [0.1, 0.15) is 57.2 Å². The van der Waals surface area contributed by atoms with Crippen molar-refractivity contribution in [3.63, 3.8) is 0 Å². The largest absolute Gasteiger partial charge is 0.508 e. The van der Waals surface area contributed by atoms with Crippen molar-refractivity contribution in [1.82, 2.24) is 42.2 Å². The van der Waals surface area contributed by atoms with Gasteiger partial charge in [0.2, 0.25) is 47.3 Å². The lowest BCUT2D eigenvalue weighted by Crippen LogP contribution is -2.65. The number of aromatic nitrogens is 1. The van der Waals surface area contributed by atoms with E-state index < -0.39 is 113 Å². The molecule has 4 aromatic rings. The summed E-state index contributed by atoms with van der Waals surface area (Å²) in [5.74, 6) is -8.15. The van der Waals surface area contributed by atoms with Crippen LogP contribution in [0.2, 0.25) is 0 Å². The van der Waals surface area contributed by atoms with E-state index in [1.807, 2.05) is 6.07 Å². The lowest BCUT2D eigenvalue weighted by molar-refractivity contribution is -0.137. The molecule has 8 amide bonds. The quantitative estimate of drug-likeness (QED) is 0.0238. The number of primary amides is 1. The second-order valence-corrected chi connectivity index (χ2v) is 22.2. The van der Waals surface area contributed by atoms with Crippen molar-refractivity contribution in [2.45, 2.75) is 125 Å². The SMILES string of the molecule is C[C@@H](O)[C@H](NC(=O)[C@H]1NC(=O)[C@H]([C@@H](C)O)NC(=O)[C@H](CCCN=C(N)N)NC(=O)[C@@H](Cc2c[nH]c3ccccc23)NC(=O)[C@@H](Cc2ccc(O)cc2)NC(=O)[C@@H](NC(=O)[C@H](N)Cc2ccccc2)CSSC1(C)C)C(N)=O. The van der Waals surface area contributed by atoms with Crippen LogP contribution in [0.3, 0.4) is 0 Å². The molecule has 0 bridgehead atoms. The van der Waals surface area contributed by atoms with Crippen LogP contribution < -0.4 is 60.2 Å². The number of fused-ring (bicyclic) bond motifs is 1. The maximum atomic E-state index is 14.9. The number of aliphatic imine (C=N–C) groups is 1. The first-order valence-electron chi connectivity index (χ1n) is 24.7. The molecule has 0 unspecified atom stereocenters. The Bertz CT molecular complexity index is 2740. The minimum absolute atomic E-state index is 0.00282. The summed E-state index contributed by atoms with van der Waals surface area (Å²) in [6.45, 7) is 5.45. The van der Waals surface area contributed by atoms with Gasteiger partial charge < -0.3 is 80.5 Å². The molecule has 3 aromatic carbocycles. The van der Waals surface area contributed by atoms with Crippen LogP contribution in [-0.4, -0.2) is 151 Å². The fourth-order valence-corrected chi connectivity index (χ4v) is 11.0. The Morgan fingerprint density at radius 2 is 1.38 bits per heavy atom. The summed E-state index contributed by atoms with van der Waals surface area (Å²) in [4.78, 5) is 121. The second-order valence-electron chi connectivity index (χ2n) is 19.2. The lowest BCUT2D eigenvalue weighted by atomic mass is 9.99. The number of H-pyrrole nitrogens is 1. The number of nitrogens with one attached hydrogen (secondary N) is 8. The van der Waals surface area contributed by atoms with E-state index in [0.717, 1.165) is 27.2 Å². The van der Waals surface area contributed by atoms with Crippen molar-refractivity contribution in [2.24, 2.45) is 27.9 Å². The topological polar surface area (TPSA) is 414 Å². The van der Waals surface area contributed by atoms with Crippen molar-refractivity contribution in [1.29, 1.82) is 0 Å². The number of guanidine groups is 1. The molecule has 1 aromatic heterocycles. The third-order valence-corrected chi connectivity index (χ3v) is 15.8. The summed E-state index contributed by atoms with van der Waals surface area (Å²) in [5.41, 5.74) is 25.5. The van der Waals surface area contributed by atoms with Crippen LogP contribution >= 0.6 is 21.6 Å². The number of aliphatic hydroxyl groups excluding tert-OH is 2. The first-order valence-corrected chi connectivity index (χ1v) is 27.0. The third kappa shape index (κ3) is 17.8. The number of aromatic amines is 1. The van der Waals surface area contributed by atoms with Gasteiger partial charge in [-0.15, -0.1) is 0 Å². The highest BCUT2D eigenvalue weighted by atomic mass is 33.1. The molecule has 10 atom stereocenters. The number of hydrogen-bond acceptors (Lipinski definition) is 15. The van der Waals surface area contributed by atoms with Gasteiger partial charge in [0.25, 0.3) is 0 Å². The number of carbonyl (C=O) groups is 8. The Hall–Kier alpha value is -7.39. The van der Waals surface area contributed by atoms with Crippen LogP contribution in [0.15, 0.2) is 90.1 Å². The summed E-state index contributed by atoms with van der Waals surface area (Å²) in [5, 5.41) is 50.6. The number of aromatic hydroxyl groups is 1. The number of para-hydroxylation sites is 1. The number of hydrogen-bond donors (Lipinski definition) is 15. The van der Waals surface area contributed by atoms with E-state index in [9.17, 15) is 53.7 Å². The summed E-state index contributed by atoms with van der Waals surface area (Å²) < 4.78 is -1.45. The zero-order chi connectivity index (χ0) is 56.6. The number of phenolic OH excluding ortho intramolecular Hbond substituents is 1. The first-order chi connectivity index (χ1) is 36.4. The molecule has 19 N–H and O–H groups in total. The summed E-state index contributed by atoms with van der Waals surface area (Å²) >= 11 is 0. The maximum absolute atomic E-state index is 14.9. The number of amides is 8. The van der Waals surface area contributed by atoms with E-state index in [-0.39, 0.29) is 56.1 Å². The normalized spacial score (nSPS) is 22.5. The van der Waals surface area contributed by atoms with Gasteiger partial charge in [0.05, 0.1) is 18.2 Å². The summed E-state index contributed by atoms with van der Waals surface area (Å²) in [7, 11) is 1.92. The molecule has 24 nitrogen and oxygen atoms in total. The van der Waals surface area contributed by atoms with E-state index in [2.05, 4.69) is 47.2 Å². The molecule has 26 heteroatoms. The summed E-state index contributed by atoms with van der Waals surface area (Å²) in [6, 6.07) is 9.79. The number of nitrogens with two attached hydrogens (primary N) is 4. The van der Waals surface area contributed by atoms with Gasteiger partial charge in [-0.05, 0) is 81.8 Å². The van der Waals surface area contributed by atoms with Gasteiger partial charge in [-0.3, -0.25) is 43.3 Å². The number of aliphatic hydroxyl groups is 2. The number of phenols is 1. The van der Waals surface area contributed by atoms with Gasteiger partial charge in [0, 0.05) is 47.0 Å². The van der Waals surface area contributed by atoms with E-state index >= 15 is 0 Å². The molecule has 1 aliphatic heterocycles. The fourth-order valence-electron chi connectivity index (χ4n) is 8.23. The highest BCUT2D eigenvalue weighted by molar-refractivity contribution is 8.77. The highest BCUT2D eigenvalue weighted by Gasteiger charge is 2.43. The molecule has 1 aliphatic rings. The van der Waals surface area contributed by atoms with Crippen LogP contribution in [0.4, 0.5) is 0 Å². The van der Waals surface area contributed by atoms with Crippen LogP contribution in [0.25, 0.3) is 10.9 Å². The molecule has 2 heterocycles. The average molecular weight is 1100 g/mol. The Kier molecular flexibility index (Phi) is 22.1. The number of rotatable bonds is 17. The predicted molar refractivity (Wildman–Crippen MR) is 292 cm³/mol. The molecule has 0 aliphatic carbocycles. The third-order valence-electron chi connectivity index (χ3n) is 12.5. The minimum atomic E-state index is -1.80. The van der Waals surface area contributed by atoms with Crippen molar-refractivity contribution < 1.29 is 53.7 Å². The first kappa shape index (κ1) is 60.5. The molecule has 416 valence electrons. The van der Waals surface area contributed by atoms with E-state index in [1.165, 1.54) is 52.0 Å². The summed E-state index contributed by atoms with van der Waals surface area (Å²) in [6.07, 6.45) is -1.83. The maximum Gasteiger partial charge on any atom is 0.245 e. The molecule has 0 spiro atoms. The van der Waals surface area contributed by atoms with Crippen molar-refractivity contribution in [3.8, 4) is 5.75 Å². The number of carbonyl (C=O) groups excluding carboxylic acids is 8. The fraction of sp³-hybridized carbons (Fsp3) is 0.431. The molecule has 1 fully saturated rings. The van der Waals surface area contributed by atoms with E-state index in [0.29, 0.717) is 22.0 Å². The van der Waals surface area contributed by atoms with Crippen LogP contribution in [-0.2, 0) is 57.6 Å². The highest BCUT2D eigenvalue weighted by Crippen LogP contribution is 2.39. The van der Waals surface area contributed by atoms with Gasteiger partial charge in [0.1, 0.15) is 48.0 Å². The monoisotopic (exact) mass is 1100 g/mol. The van der Waals surface area contributed by atoms with E-state index in [4.69, 9.17) is 22.9 Å². The minimum Gasteiger partial charge on any atom is -0.508 e.